The minimum absolute atomic E-state index is 0.0842. The molecule has 3 heteroatoms. The van der Waals surface area contributed by atoms with E-state index in [0.29, 0.717) is 5.92 Å². The van der Waals surface area contributed by atoms with Gasteiger partial charge in [-0.15, -0.1) is 0 Å². The van der Waals surface area contributed by atoms with E-state index in [2.05, 4.69) is 32.2 Å². The van der Waals surface area contributed by atoms with Gasteiger partial charge in [0, 0.05) is 24.4 Å². The Morgan fingerprint density at radius 2 is 1.95 bits per heavy atom. The third-order valence-corrected chi connectivity index (χ3v) is 4.84. The number of aromatic nitrogens is 2. The van der Waals surface area contributed by atoms with Gasteiger partial charge in [0.1, 0.15) is 11.6 Å². The molecule has 104 valence electrons. The molecule has 1 aromatic rings. The Hall–Kier alpha value is -1.12. The number of anilines is 1. The fourth-order valence-electron chi connectivity index (χ4n) is 3.70. The lowest BCUT2D eigenvalue weighted by atomic mass is 9.87. The molecular formula is C16H25N3. The van der Waals surface area contributed by atoms with E-state index in [0.717, 1.165) is 29.2 Å². The third-order valence-electron chi connectivity index (χ3n) is 4.84. The van der Waals surface area contributed by atoms with E-state index in [4.69, 9.17) is 9.97 Å². The Kier molecular flexibility index (Phi) is 3.03. The summed E-state index contributed by atoms with van der Waals surface area (Å²) in [6, 6.07) is 2.09. The van der Waals surface area contributed by atoms with Gasteiger partial charge in [0.05, 0.1) is 5.69 Å². The quantitative estimate of drug-likeness (QED) is 0.879. The van der Waals surface area contributed by atoms with Crippen LogP contribution in [0.15, 0.2) is 6.07 Å². The first-order valence-corrected chi connectivity index (χ1v) is 7.54. The van der Waals surface area contributed by atoms with Crippen LogP contribution in [0.4, 0.5) is 5.82 Å². The largest absolute Gasteiger partial charge is 0.373 e. The minimum Gasteiger partial charge on any atom is -0.373 e. The second-order valence-electron chi connectivity index (χ2n) is 7.28. The van der Waals surface area contributed by atoms with Gasteiger partial charge in [-0.25, -0.2) is 9.97 Å². The molecule has 2 aliphatic carbocycles. The van der Waals surface area contributed by atoms with Crippen molar-refractivity contribution >= 4 is 5.82 Å². The van der Waals surface area contributed by atoms with Gasteiger partial charge < -0.3 is 5.32 Å². The molecule has 1 N–H and O–H groups in total. The Balaban J connectivity index is 1.97. The van der Waals surface area contributed by atoms with Crippen LogP contribution < -0.4 is 5.32 Å². The van der Waals surface area contributed by atoms with Crippen molar-refractivity contribution in [1.29, 1.82) is 0 Å². The van der Waals surface area contributed by atoms with E-state index in [1.807, 2.05) is 7.05 Å². The van der Waals surface area contributed by atoms with Crippen LogP contribution in [0.3, 0.4) is 0 Å². The van der Waals surface area contributed by atoms with Crippen LogP contribution in [0.1, 0.15) is 63.9 Å². The Bertz CT molecular complexity index is 475. The number of rotatable bonds is 2. The average Bonchev–Trinajstić information content (AvgIpc) is 2.99. The van der Waals surface area contributed by atoms with E-state index in [9.17, 15) is 0 Å². The first-order chi connectivity index (χ1) is 8.97. The highest BCUT2D eigenvalue weighted by Gasteiger charge is 2.41. The van der Waals surface area contributed by atoms with Gasteiger partial charge in [0.2, 0.25) is 0 Å². The average molecular weight is 259 g/mol. The molecule has 3 rings (SSSR count). The molecule has 19 heavy (non-hydrogen) atoms. The van der Waals surface area contributed by atoms with Crippen molar-refractivity contribution in [2.45, 2.75) is 57.8 Å². The number of nitrogens with zero attached hydrogens (tertiary/aromatic N) is 2. The minimum atomic E-state index is 0.0842. The molecule has 0 aliphatic heterocycles. The smallest absolute Gasteiger partial charge is 0.134 e. The maximum Gasteiger partial charge on any atom is 0.134 e. The van der Waals surface area contributed by atoms with Crippen molar-refractivity contribution in [2.75, 3.05) is 12.4 Å². The summed E-state index contributed by atoms with van der Waals surface area (Å²) in [6.45, 7) is 6.66. The lowest BCUT2D eigenvalue weighted by Crippen LogP contribution is -2.19. The lowest BCUT2D eigenvalue weighted by Gasteiger charge is -2.24. The van der Waals surface area contributed by atoms with Gasteiger partial charge in [0.15, 0.2) is 0 Å². The maximum absolute atomic E-state index is 4.90. The van der Waals surface area contributed by atoms with Crippen LogP contribution in [0, 0.1) is 11.8 Å². The normalized spacial score (nSPS) is 29.8. The summed E-state index contributed by atoms with van der Waals surface area (Å²) in [5.74, 6) is 4.44. The van der Waals surface area contributed by atoms with Crippen LogP contribution in [0.5, 0.6) is 0 Å². The van der Waals surface area contributed by atoms with Gasteiger partial charge in [-0.05, 0) is 31.1 Å². The zero-order valence-electron chi connectivity index (χ0n) is 12.5. The molecule has 0 saturated heterocycles. The lowest BCUT2D eigenvalue weighted by molar-refractivity contribution is 0.402. The highest BCUT2D eigenvalue weighted by Crippen LogP contribution is 2.52. The molecule has 1 heterocycles. The summed E-state index contributed by atoms with van der Waals surface area (Å²) in [5, 5.41) is 3.20. The second kappa shape index (κ2) is 4.46. The van der Waals surface area contributed by atoms with E-state index in [-0.39, 0.29) is 5.41 Å². The molecule has 2 aliphatic rings. The summed E-state index contributed by atoms with van der Waals surface area (Å²) in [5.41, 5.74) is 1.24. The molecule has 1 aromatic heterocycles. The molecular weight excluding hydrogens is 234 g/mol. The van der Waals surface area contributed by atoms with Crippen LogP contribution >= 0.6 is 0 Å². The fourth-order valence-corrected chi connectivity index (χ4v) is 3.70. The van der Waals surface area contributed by atoms with Crippen molar-refractivity contribution < 1.29 is 0 Å². The SMILES string of the molecule is CNc1cc(C(C)(C)C)nc(C2CC3CCC2C3)n1. The van der Waals surface area contributed by atoms with Gasteiger partial charge in [-0.3, -0.25) is 0 Å². The van der Waals surface area contributed by atoms with Crippen LogP contribution in [0.25, 0.3) is 0 Å². The number of hydrogen-bond acceptors (Lipinski definition) is 3. The molecule has 0 amide bonds. The molecule has 3 atom stereocenters. The first-order valence-electron chi connectivity index (χ1n) is 7.54. The zero-order valence-corrected chi connectivity index (χ0v) is 12.5. The molecule has 2 fully saturated rings. The van der Waals surface area contributed by atoms with Crippen LogP contribution in [-0.2, 0) is 5.41 Å². The summed E-state index contributed by atoms with van der Waals surface area (Å²) >= 11 is 0. The zero-order chi connectivity index (χ0) is 13.6. The second-order valence-corrected chi connectivity index (χ2v) is 7.28. The van der Waals surface area contributed by atoms with E-state index < -0.39 is 0 Å². The predicted octanol–water partition coefficient (Wildman–Crippen LogP) is 3.72. The van der Waals surface area contributed by atoms with Crippen molar-refractivity contribution in [1.82, 2.24) is 9.97 Å². The van der Waals surface area contributed by atoms with Crippen molar-refractivity contribution in [3.05, 3.63) is 17.6 Å². The summed E-state index contributed by atoms with van der Waals surface area (Å²) in [7, 11) is 1.94. The van der Waals surface area contributed by atoms with Crippen molar-refractivity contribution in [2.24, 2.45) is 11.8 Å². The predicted molar refractivity (Wildman–Crippen MR) is 78.5 cm³/mol. The van der Waals surface area contributed by atoms with Gasteiger partial charge in [0.25, 0.3) is 0 Å². The number of fused-ring (bicyclic) bond motifs is 2. The summed E-state index contributed by atoms with van der Waals surface area (Å²) in [4.78, 5) is 9.65. The standard InChI is InChI=1S/C16H25N3/c1-16(2,3)13-9-14(17-4)19-15(18-13)12-8-10-5-6-11(12)7-10/h9-12H,5-8H2,1-4H3,(H,17,18,19). The van der Waals surface area contributed by atoms with E-state index in [1.165, 1.54) is 25.7 Å². The van der Waals surface area contributed by atoms with Crippen LogP contribution in [-0.4, -0.2) is 17.0 Å². The molecule has 0 spiro atoms. The number of nitrogens with one attached hydrogen (secondary N) is 1. The van der Waals surface area contributed by atoms with Gasteiger partial charge >= 0.3 is 0 Å². The fraction of sp³-hybridized carbons (Fsp3) is 0.750. The maximum atomic E-state index is 4.90. The van der Waals surface area contributed by atoms with Gasteiger partial charge in [-0.1, -0.05) is 27.2 Å². The Morgan fingerprint density at radius 3 is 2.47 bits per heavy atom. The highest BCUT2D eigenvalue weighted by atomic mass is 15.0. The highest BCUT2D eigenvalue weighted by molar-refractivity contribution is 5.38. The summed E-state index contributed by atoms with van der Waals surface area (Å²) in [6.07, 6.45) is 5.52. The van der Waals surface area contributed by atoms with E-state index in [1.54, 1.807) is 0 Å². The third kappa shape index (κ3) is 2.35. The number of hydrogen-bond donors (Lipinski definition) is 1. The molecule has 2 saturated carbocycles. The van der Waals surface area contributed by atoms with Crippen molar-refractivity contribution in [3.63, 3.8) is 0 Å². The Labute approximate surface area is 116 Å². The molecule has 3 unspecified atom stereocenters. The topological polar surface area (TPSA) is 37.8 Å². The molecule has 0 radical (unpaired) electrons. The van der Waals surface area contributed by atoms with Crippen molar-refractivity contribution in [3.8, 4) is 0 Å². The first kappa shape index (κ1) is 12.9. The molecule has 2 bridgehead atoms. The molecule has 0 aromatic carbocycles. The summed E-state index contributed by atoms with van der Waals surface area (Å²) < 4.78 is 0. The monoisotopic (exact) mass is 259 g/mol. The molecule has 3 nitrogen and oxygen atoms in total. The van der Waals surface area contributed by atoms with E-state index >= 15 is 0 Å². The van der Waals surface area contributed by atoms with Crippen LogP contribution in [0.2, 0.25) is 0 Å². The van der Waals surface area contributed by atoms with Gasteiger partial charge in [-0.2, -0.15) is 0 Å². The Morgan fingerprint density at radius 1 is 1.16 bits per heavy atom.